The van der Waals surface area contributed by atoms with Gasteiger partial charge in [-0.05, 0) is 42.7 Å². The number of nitrogens with one attached hydrogen (secondary N) is 1. The summed E-state index contributed by atoms with van der Waals surface area (Å²) in [5.74, 6) is -2.62. The molecule has 1 aromatic carbocycles. The van der Waals surface area contributed by atoms with Gasteiger partial charge in [-0.25, -0.2) is 0 Å². The Morgan fingerprint density at radius 1 is 1.24 bits per heavy atom. The van der Waals surface area contributed by atoms with Crippen molar-refractivity contribution < 1.29 is 14.7 Å². The molecule has 2 bridgehead atoms. The Kier molecular flexibility index (Phi) is 3.76. The van der Waals surface area contributed by atoms with Crippen LogP contribution in [-0.4, -0.2) is 18.1 Å². The lowest BCUT2D eigenvalue weighted by atomic mass is 9.82. The van der Waals surface area contributed by atoms with E-state index in [1.165, 1.54) is 0 Å². The first-order valence-electron chi connectivity index (χ1n) is 6.94. The molecule has 0 unspecified atom stereocenters. The van der Waals surface area contributed by atoms with Crippen molar-refractivity contribution >= 4 is 29.3 Å². The fraction of sp³-hybridized carbons (Fsp3) is 0.375. The summed E-state index contributed by atoms with van der Waals surface area (Å²) >= 11 is 1.59. The van der Waals surface area contributed by atoms with Crippen molar-refractivity contribution in [3.05, 3.63) is 36.4 Å². The fourth-order valence-corrected chi connectivity index (χ4v) is 3.89. The van der Waals surface area contributed by atoms with Gasteiger partial charge in [0.2, 0.25) is 5.91 Å². The van der Waals surface area contributed by atoms with Gasteiger partial charge < -0.3 is 15.2 Å². The van der Waals surface area contributed by atoms with E-state index < -0.39 is 17.8 Å². The van der Waals surface area contributed by atoms with Gasteiger partial charge >= 0.3 is 0 Å². The van der Waals surface area contributed by atoms with Gasteiger partial charge in [-0.15, -0.1) is 11.8 Å². The zero-order valence-electron chi connectivity index (χ0n) is 11.6. The first kappa shape index (κ1) is 14.2. The number of allylic oxidation sites excluding steroid dienone is 2. The largest absolute Gasteiger partial charge is 0.550 e. The molecule has 110 valence electrons. The molecule has 0 saturated heterocycles. The summed E-state index contributed by atoms with van der Waals surface area (Å²) < 4.78 is 0. The number of aliphatic carboxylic acids is 1. The maximum atomic E-state index is 12.5. The number of benzene rings is 1. The molecule has 3 rings (SSSR count). The summed E-state index contributed by atoms with van der Waals surface area (Å²) in [7, 11) is 0. The molecule has 0 radical (unpaired) electrons. The number of hydrogen-bond donors (Lipinski definition) is 1. The third-order valence-corrected chi connectivity index (χ3v) is 5.10. The zero-order chi connectivity index (χ0) is 15.0. The van der Waals surface area contributed by atoms with Crippen LogP contribution in [0, 0.1) is 23.7 Å². The highest BCUT2D eigenvalue weighted by Crippen LogP contribution is 2.48. The second-order valence-corrected chi connectivity index (χ2v) is 6.42. The molecule has 4 nitrogen and oxygen atoms in total. The summed E-state index contributed by atoms with van der Waals surface area (Å²) in [6.07, 6.45) is 6.57. The Hall–Kier alpha value is -1.75. The van der Waals surface area contributed by atoms with Gasteiger partial charge in [0.25, 0.3) is 0 Å². The van der Waals surface area contributed by atoms with Crippen molar-refractivity contribution in [1.82, 2.24) is 0 Å². The van der Waals surface area contributed by atoms with Crippen molar-refractivity contribution in [3.8, 4) is 0 Å². The number of carboxylic acids is 1. The third-order valence-electron chi connectivity index (χ3n) is 4.37. The number of carbonyl (C=O) groups is 2. The quantitative estimate of drug-likeness (QED) is 0.676. The van der Waals surface area contributed by atoms with Gasteiger partial charge in [-0.3, -0.25) is 4.79 Å². The number of fused-ring (bicyclic) bond motifs is 2. The maximum absolute atomic E-state index is 12.5. The highest BCUT2D eigenvalue weighted by Gasteiger charge is 2.48. The zero-order valence-corrected chi connectivity index (χ0v) is 12.4. The topological polar surface area (TPSA) is 69.2 Å². The highest BCUT2D eigenvalue weighted by atomic mass is 32.2. The van der Waals surface area contributed by atoms with Crippen LogP contribution in [0.4, 0.5) is 5.69 Å². The normalized spacial score (nSPS) is 29.6. The Balaban J connectivity index is 1.78. The van der Waals surface area contributed by atoms with Gasteiger partial charge in [0.1, 0.15) is 0 Å². The minimum atomic E-state index is -1.12. The van der Waals surface area contributed by atoms with Crippen molar-refractivity contribution in [2.75, 3.05) is 11.6 Å². The summed E-state index contributed by atoms with van der Waals surface area (Å²) in [5.41, 5.74) is 0.704. The Morgan fingerprint density at radius 3 is 2.62 bits per heavy atom. The van der Waals surface area contributed by atoms with E-state index in [4.69, 9.17) is 0 Å². The van der Waals surface area contributed by atoms with E-state index in [1.807, 2.05) is 42.7 Å². The fourth-order valence-electron chi connectivity index (χ4n) is 3.43. The number of rotatable bonds is 4. The van der Waals surface area contributed by atoms with Crippen LogP contribution in [0.2, 0.25) is 0 Å². The average molecular weight is 302 g/mol. The number of hydrogen-bond acceptors (Lipinski definition) is 4. The molecule has 21 heavy (non-hydrogen) atoms. The number of anilines is 1. The average Bonchev–Trinajstić information content (AvgIpc) is 3.07. The maximum Gasteiger partial charge on any atom is 0.228 e. The molecule has 1 N–H and O–H groups in total. The van der Waals surface area contributed by atoms with E-state index in [0.717, 1.165) is 11.3 Å². The van der Waals surface area contributed by atoms with Gasteiger partial charge in [-0.1, -0.05) is 18.2 Å². The monoisotopic (exact) mass is 302 g/mol. The number of carbonyl (C=O) groups excluding carboxylic acids is 2. The van der Waals surface area contributed by atoms with E-state index in [9.17, 15) is 14.7 Å². The van der Waals surface area contributed by atoms with Crippen molar-refractivity contribution in [1.29, 1.82) is 0 Å². The summed E-state index contributed by atoms with van der Waals surface area (Å²) in [6, 6.07) is 7.54. The molecule has 2 aliphatic rings. The molecule has 4 atom stereocenters. The summed E-state index contributed by atoms with van der Waals surface area (Å²) in [6.45, 7) is 0. The van der Waals surface area contributed by atoms with Crippen molar-refractivity contribution in [2.24, 2.45) is 23.7 Å². The van der Waals surface area contributed by atoms with Crippen LogP contribution in [0.15, 0.2) is 41.3 Å². The Labute approximate surface area is 127 Å². The standard InChI is InChI=1S/C16H17NO3S/c1-21-12-4-2-3-11(8-12)17-15(18)13-9-5-6-10(7-9)14(13)16(19)20/h2-6,8-10,13-14H,7H2,1H3,(H,17,18)(H,19,20)/p-1/t9-,10-,13+,14-/m0/s1. The van der Waals surface area contributed by atoms with Gasteiger partial charge in [0.05, 0.1) is 5.92 Å². The summed E-state index contributed by atoms with van der Waals surface area (Å²) in [4.78, 5) is 24.9. The van der Waals surface area contributed by atoms with E-state index in [-0.39, 0.29) is 17.7 Å². The summed E-state index contributed by atoms with van der Waals surface area (Å²) in [5, 5.41) is 14.2. The highest BCUT2D eigenvalue weighted by molar-refractivity contribution is 7.98. The molecule has 5 heteroatoms. The molecule has 1 saturated carbocycles. The number of amides is 1. The van der Waals surface area contributed by atoms with Crippen LogP contribution >= 0.6 is 11.8 Å². The second kappa shape index (κ2) is 5.56. The molecule has 1 fully saturated rings. The van der Waals surface area contributed by atoms with E-state index in [1.54, 1.807) is 11.8 Å². The first-order valence-corrected chi connectivity index (χ1v) is 8.16. The Morgan fingerprint density at radius 2 is 1.95 bits per heavy atom. The van der Waals surface area contributed by atoms with Crippen LogP contribution in [0.5, 0.6) is 0 Å². The predicted molar refractivity (Wildman–Crippen MR) is 79.6 cm³/mol. The van der Waals surface area contributed by atoms with E-state index >= 15 is 0 Å². The lowest BCUT2D eigenvalue weighted by Gasteiger charge is -2.27. The van der Waals surface area contributed by atoms with Crippen LogP contribution in [0.1, 0.15) is 6.42 Å². The minimum Gasteiger partial charge on any atom is -0.550 e. The molecule has 0 aliphatic heterocycles. The van der Waals surface area contributed by atoms with Crippen LogP contribution in [-0.2, 0) is 9.59 Å². The number of carboxylic acid groups (broad SMARTS) is 1. The van der Waals surface area contributed by atoms with Crippen LogP contribution < -0.4 is 10.4 Å². The number of thioether (sulfide) groups is 1. The minimum absolute atomic E-state index is 0.0154. The van der Waals surface area contributed by atoms with E-state index in [0.29, 0.717) is 5.69 Å². The molecule has 0 heterocycles. The van der Waals surface area contributed by atoms with Gasteiger partial charge in [0.15, 0.2) is 0 Å². The Bertz CT molecular complexity index is 613. The molecular weight excluding hydrogens is 286 g/mol. The second-order valence-electron chi connectivity index (χ2n) is 5.54. The van der Waals surface area contributed by atoms with Crippen molar-refractivity contribution in [2.45, 2.75) is 11.3 Å². The molecular formula is C16H16NO3S-. The molecule has 0 aromatic heterocycles. The molecule has 1 amide bonds. The predicted octanol–water partition coefficient (Wildman–Crippen LogP) is 1.54. The third kappa shape index (κ3) is 2.58. The SMILES string of the molecule is CSc1cccc(NC(=O)[C@H]2[C@@H](C(=O)[O-])[C@H]3C=C[C@H]2C3)c1. The lowest BCUT2D eigenvalue weighted by Crippen LogP contribution is -2.42. The van der Waals surface area contributed by atoms with Crippen LogP contribution in [0.25, 0.3) is 0 Å². The van der Waals surface area contributed by atoms with Crippen LogP contribution in [0.3, 0.4) is 0 Å². The smallest absolute Gasteiger partial charge is 0.228 e. The first-order chi connectivity index (χ1) is 10.1. The van der Waals surface area contributed by atoms with Crippen molar-refractivity contribution in [3.63, 3.8) is 0 Å². The van der Waals surface area contributed by atoms with Gasteiger partial charge in [0, 0.05) is 22.5 Å². The van der Waals surface area contributed by atoms with Gasteiger partial charge in [-0.2, -0.15) is 0 Å². The molecule has 0 spiro atoms. The lowest BCUT2D eigenvalue weighted by molar-refractivity contribution is -0.313. The molecule has 1 aromatic rings. The van der Waals surface area contributed by atoms with E-state index in [2.05, 4.69) is 5.32 Å². The molecule has 2 aliphatic carbocycles.